The van der Waals surface area contributed by atoms with Gasteiger partial charge in [-0.05, 0) is 35.7 Å². The van der Waals surface area contributed by atoms with Crippen molar-refractivity contribution in [3.8, 4) is 0 Å². The minimum absolute atomic E-state index is 0.0128. The summed E-state index contributed by atoms with van der Waals surface area (Å²) >= 11 is 0. The van der Waals surface area contributed by atoms with Crippen molar-refractivity contribution in [2.24, 2.45) is 5.41 Å². The van der Waals surface area contributed by atoms with Gasteiger partial charge in [0.1, 0.15) is 0 Å². The van der Waals surface area contributed by atoms with Crippen LogP contribution in [0, 0.1) is 5.41 Å². The molecule has 1 heterocycles. The molecule has 160 valence electrons. The molecule has 10 heteroatoms. The summed E-state index contributed by atoms with van der Waals surface area (Å²) in [5, 5.41) is 2.41. The molecule has 0 saturated heterocycles. The topological polar surface area (TPSA) is 100 Å². The maximum atomic E-state index is 12.8. The zero-order valence-corrected chi connectivity index (χ0v) is 16.3. The zero-order chi connectivity index (χ0) is 22.4. The molecule has 0 atom stereocenters. The molecule has 2 aromatic rings. The smallest absolute Gasteiger partial charge is 0.326 e. The highest BCUT2D eigenvalue weighted by Crippen LogP contribution is 2.31. The van der Waals surface area contributed by atoms with Gasteiger partial charge in [0.25, 0.3) is 5.91 Å². The maximum absolute atomic E-state index is 12.8. The van der Waals surface area contributed by atoms with Crippen LogP contribution in [0.4, 0.5) is 18.9 Å². The number of amides is 3. The third-order valence-electron chi connectivity index (χ3n) is 3.99. The fourth-order valence-electron chi connectivity index (χ4n) is 2.65. The van der Waals surface area contributed by atoms with Crippen molar-refractivity contribution in [3.63, 3.8) is 0 Å². The van der Waals surface area contributed by atoms with E-state index in [0.29, 0.717) is 0 Å². The van der Waals surface area contributed by atoms with E-state index in [-0.39, 0.29) is 24.1 Å². The van der Waals surface area contributed by atoms with Crippen LogP contribution in [0.25, 0.3) is 0 Å². The van der Waals surface area contributed by atoms with Gasteiger partial charge < -0.3 is 5.32 Å². The number of benzene rings is 1. The van der Waals surface area contributed by atoms with Gasteiger partial charge in [0.2, 0.25) is 11.8 Å². The molecular formula is C20H21F3N4O3. The Morgan fingerprint density at radius 3 is 2.30 bits per heavy atom. The van der Waals surface area contributed by atoms with E-state index < -0.39 is 34.9 Å². The Kier molecular flexibility index (Phi) is 7.14. The summed E-state index contributed by atoms with van der Waals surface area (Å²) in [4.78, 5) is 40.0. The molecule has 0 aliphatic heterocycles. The van der Waals surface area contributed by atoms with E-state index in [1.165, 1.54) is 30.6 Å². The quantitative estimate of drug-likeness (QED) is 0.622. The molecule has 1 aromatic heterocycles. The summed E-state index contributed by atoms with van der Waals surface area (Å²) in [5.74, 6) is -1.60. The third kappa shape index (κ3) is 7.19. The summed E-state index contributed by atoms with van der Waals surface area (Å²) in [6.45, 7) is 3.31. The van der Waals surface area contributed by atoms with Crippen LogP contribution >= 0.6 is 0 Å². The first kappa shape index (κ1) is 22.9. The normalized spacial score (nSPS) is 11.5. The van der Waals surface area contributed by atoms with Crippen molar-refractivity contribution in [3.05, 3.63) is 59.9 Å². The Hall–Kier alpha value is -3.43. The molecule has 0 spiro atoms. The van der Waals surface area contributed by atoms with Crippen LogP contribution in [0.5, 0.6) is 0 Å². The van der Waals surface area contributed by atoms with Crippen molar-refractivity contribution in [1.82, 2.24) is 15.8 Å². The van der Waals surface area contributed by atoms with Gasteiger partial charge in [0.15, 0.2) is 0 Å². The minimum atomic E-state index is -4.52. The lowest BCUT2D eigenvalue weighted by Gasteiger charge is -2.23. The first-order valence-corrected chi connectivity index (χ1v) is 8.93. The number of hydrogen-bond acceptors (Lipinski definition) is 4. The summed E-state index contributed by atoms with van der Waals surface area (Å²) in [6, 6.07) is 7.39. The first-order valence-electron chi connectivity index (χ1n) is 8.93. The molecule has 30 heavy (non-hydrogen) atoms. The number of aromatic nitrogens is 1. The average molecular weight is 422 g/mol. The molecule has 1 aromatic carbocycles. The van der Waals surface area contributed by atoms with Crippen LogP contribution < -0.4 is 16.2 Å². The SMILES string of the molecule is CC(C)(CC(=O)NNC(=O)c1cccnc1)CC(=O)Nc1cccc(C(F)(F)F)c1. The van der Waals surface area contributed by atoms with Crippen molar-refractivity contribution in [2.75, 3.05) is 5.32 Å². The van der Waals surface area contributed by atoms with Crippen LogP contribution in [0.3, 0.4) is 0 Å². The molecule has 7 nitrogen and oxygen atoms in total. The number of halogens is 3. The van der Waals surface area contributed by atoms with E-state index in [4.69, 9.17) is 0 Å². The molecule has 0 aliphatic rings. The lowest BCUT2D eigenvalue weighted by Crippen LogP contribution is -2.43. The monoisotopic (exact) mass is 422 g/mol. The van der Waals surface area contributed by atoms with Gasteiger partial charge in [0, 0.05) is 30.9 Å². The molecule has 3 N–H and O–H groups in total. The van der Waals surface area contributed by atoms with E-state index in [9.17, 15) is 27.6 Å². The Morgan fingerprint density at radius 2 is 1.67 bits per heavy atom. The number of hydrogen-bond donors (Lipinski definition) is 3. The maximum Gasteiger partial charge on any atom is 0.416 e. The van der Waals surface area contributed by atoms with Gasteiger partial charge in [-0.3, -0.25) is 30.2 Å². The number of carbonyl (C=O) groups is 3. The van der Waals surface area contributed by atoms with Crippen LogP contribution in [0.2, 0.25) is 0 Å². The second-order valence-electron chi connectivity index (χ2n) is 7.39. The van der Waals surface area contributed by atoms with E-state index in [1.807, 2.05) is 0 Å². The molecule has 0 saturated carbocycles. The number of nitrogens with one attached hydrogen (secondary N) is 3. The van der Waals surface area contributed by atoms with Gasteiger partial charge >= 0.3 is 6.18 Å². The van der Waals surface area contributed by atoms with Gasteiger partial charge in [-0.25, -0.2) is 0 Å². The largest absolute Gasteiger partial charge is 0.416 e. The molecule has 0 radical (unpaired) electrons. The van der Waals surface area contributed by atoms with Crippen molar-refractivity contribution in [2.45, 2.75) is 32.9 Å². The fraction of sp³-hybridized carbons (Fsp3) is 0.300. The number of nitrogens with zero attached hydrogens (tertiary/aromatic N) is 1. The Morgan fingerprint density at radius 1 is 0.967 bits per heavy atom. The predicted molar refractivity (Wildman–Crippen MR) is 103 cm³/mol. The van der Waals surface area contributed by atoms with E-state index in [2.05, 4.69) is 21.2 Å². The lowest BCUT2D eigenvalue weighted by atomic mass is 9.85. The summed E-state index contributed by atoms with van der Waals surface area (Å²) in [5.41, 5.74) is 3.10. The standard InChI is InChI=1S/C20H21F3N4O3/c1-19(2,11-17(29)26-27-18(30)13-5-4-8-24-12-13)10-16(28)25-15-7-3-6-14(9-15)20(21,22)23/h3-9,12H,10-11H2,1-2H3,(H,25,28)(H,26,29)(H,27,30). The van der Waals surface area contributed by atoms with E-state index in [1.54, 1.807) is 19.9 Å². The van der Waals surface area contributed by atoms with Crippen molar-refractivity contribution < 1.29 is 27.6 Å². The second kappa shape index (κ2) is 9.38. The Bertz CT molecular complexity index is 915. The second-order valence-corrected chi connectivity index (χ2v) is 7.39. The van der Waals surface area contributed by atoms with Gasteiger partial charge in [-0.15, -0.1) is 0 Å². The summed E-state index contributed by atoms with van der Waals surface area (Å²) in [6.07, 6.45) is -1.90. The lowest BCUT2D eigenvalue weighted by molar-refractivity contribution is -0.137. The number of hydrazine groups is 1. The van der Waals surface area contributed by atoms with Crippen LogP contribution in [-0.4, -0.2) is 22.7 Å². The van der Waals surface area contributed by atoms with Crippen LogP contribution in [0.15, 0.2) is 48.8 Å². The average Bonchev–Trinajstić information content (AvgIpc) is 2.65. The molecule has 0 aliphatic carbocycles. The fourth-order valence-corrected chi connectivity index (χ4v) is 2.65. The molecule has 0 fully saturated rings. The molecule has 2 rings (SSSR count). The highest BCUT2D eigenvalue weighted by molar-refractivity contribution is 5.95. The number of pyridine rings is 1. The number of rotatable bonds is 6. The molecular weight excluding hydrogens is 401 g/mol. The summed E-state index contributed by atoms with van der Waals surface area (Å²) < 4.78 is 38.3. The number of alkyl halides is 3. The van der Waals surface area contributed by atoms with Crippen molar-refractivity contribution >= 4 is 23.4 Å². The molecule has 0 unspecified atom stereocenters. The van der Waals surface area contributed by atoms with Gasteiger partial charge in [-0.1, -0.05) is 19.9 Å². The zero-order valence-electron chi connectivity index (χ0n) is 16.3. The molecule has 0 bridgehead atoms. The highest BCUT2D eigenvalue weighted by Gasteiger charge is 2.31. The van der Waals surface area contributed by atoms with E-state index >= 15 is 0 Å². The first-order chi connectivity index (χ1) is 14.0. The Labute approximate surface area is 171 Å². The van der Waals surface area contributed by atoms with Gasteiger partial charge in [-0.2, -0.15) is 13.2 Å². The Balaban J connectivity index is 1.86. The third-order valence-corrected chi connectivity index (χ3v) is 3.99. The predicted octanol–water partition coefficient (Wildman–Crippen LogP) is 3.31. The van der Waals surface area contributed by atoms with E-state index in [0.717, 1.165) is 12.1 Å². The summed E-state index contributed by atoms with van der Waals surface area (Å²) in [7, 11) is 0. The number of carbonyl (C=O) groups excluding carboxylic acids is 3. The van der Waals surface area contributed by atoms with Crippen molar-refractivity contribution in [1.29, 1.82) is 0 Å². The van der Waals surface area contributed by atoms with Gasteiger partial charge in [0.05, 0.1) is 11.1 Å². The highest BCUT2D eigenvalue weighted by atomic mass is 19.4. The van der Waals surface area contributed by atoms with Crippen LogP contribution in [0.1, 0.15) is 42.6 Å². The number of anilines is 1. The minimum Gasteiger partial charge on any atom is -0.326 e. The van der Waals surface area contributed by atoms with Crippen LogP contribution in [-0.2, 0) is 15.8 Å². The molecule has 3 amide bonds.